The molecule has 0 radical (unpaired) electrons. The number of alkyl halides is 3. The Morgan fingerprint density at radius 3 is 2.50 bits per heavy atom. The molecule has 18 heavy (non-hydrogen) atoms. The summed E-state index contributed by atoms with van der Waals surface area (Å²) in [5, 5.41) is 9.24. The Bertz CT molecular complexity index is 360. The van der Waals surface area contributed by atoms with E-state index < -0.39 is 12.3 Å². The lowest BCUT2D eigenvalue weighted by Gasteiger charge is -2.07. The molecular weight excluding hydrogens is 245 g/mol. The summed E-state index contributed by atoms with van der Waals surface area (Å²) in [5.74, 6) is 0. The average molecular weight is 260 g/mol. The van der Waals surface area contributed by atoms with E-state index in [4.69, 9.17) is 4.74 Å². The second-order valence-corrected chi connectivity index (χ2v) is 3.79. The van der Waals surface area contributed by atoms with Gasteiger partial charge >= 0.3 is 6.18 Å². The summed E-state index contributed by atoms with van der Waals surface area (Å²) in [6.45, 7) is 0.592. The van der Waals surface area contributed by atoms with Crippen molar-refractivity contribution < 1.29 is 23.0 Å². The first-order valence-corrected chi connectivity index (χ1v) is 5.53. The number of hydrogen-bond donors (Lipinski definition) is 1. The lowest BCUT2D eigenvalue weighted by Crippen LogP contribution is -2.10. The van der Waals surface area contributed by atoms with Gasteiger partial charge in [0, 0.05) is 19.1 Å². The molecule has 0 aliphatic rings. The van der Waals surface area contributed by atoms with Crippen molar-refractivity contribution in [1.82, 2.24) is 0 Å². The van der Waals surface area contributed by atoms with Crippen LogP contribution < -0.4 is 0 Å². The van der Waals surface area contributed by atoms with E-state index in [9.17, 15) is 18.3 Å². The van der Waals surface area contributed by atoms with E-state index in [0.717, 1.165) is 11.6 Å². The summed E-state index contributed by atoms with van der Waals surface area (Å²) in [6, 6.07) is 9.41. The summed E-state index contributed by atoms with van der Waals surface area (Å²) < 4.78 is 40.6. The second-order valence-electron chi connectivity index (χ2n) is 3.79. The van der Waals surface area contributed by atoms with Crippen LogP contribution in [-0.2, 0) is 11.3 Å². The van der Waals surface area contributed by atoms with Crippen molar-refractivity contribution >= 4 is 0 Å². The van der Waals surface area contributed by atoms with Crippen LogP contribution in [0.25, 0.3) is 0 Å². The smallest absolute Gasteiger partial charge is 0.389 e. The fourth-order valence-corrected chi connectivity index (χ4v) is 1.28. The molecule has 2 nitrogen and oxygen atoms in total. The Kier molecular flexibility index (Phi) is 5.88. The fraction of sp³-hybridized carbons (Fsp3) is 0.385. The van der Waals surface area contributed by atoms with E-state index in [2.05, 4.69) is 0 Å². The predicted octanol–water partition coefficient (Wildman–Crippen LogP) is 3.07. The SMILES string of the molecule is O[C@H](/C=C\C(F)(F)F)CCOCc1ccccc1. The Balaban J connectivity index is 2.16. The highest BCUT2D eigenvalue weighted by Crippen LogP contribution is 2.16. The quantitative estimate of drug-likeness (QED) is 0.629. The zero-order chi connectivity index (χ0) is 13.4. The Hall–Kier alpha value is -1.33. The maximum absolute atomic E-state index is 11.8. The fourth-order valence-electron chi connectivity index (χ4n) is 1.28. The van der Waals surface area contributed by atoms with Gasteiger partial charge in [-0.1, -0.05) is 36.4 Å². The number of halogens is 3. The van der Waals surface area contributed by atoms with Gasteiger partial charge in [-0.2, -0.15) is 13.2 Å². The van der Waals surface area contributed by atoms with Crippen LogP contribution in [0.2, 0.25) is 0 Å². The topological polar surface area (TPSA) is 29.5 Å². The summed E-state index contributed by atoms with van der Waals surface area (Å²) in [4.78, 5) is 0. The van der Waals surface area contributed by atoms with Gasteiger partial charge in [0.2, 0.25) is 0 Å². The van der Waals surface area contributed by atoms with Gasteiger partial charge in [-0.15, -0.1) is 0 Å². The van der Waals surface area contributed by atoms with Crippen LogP contribution in [0, 0.1) is 0 Å². The van der Waals surface area contributed by atoms with Gasteiger partial charge in [0.15, 0.2) is 0 Å². The zero-order valence-electron chi connectivity index (χ0n) is 9.73. The first-order valence-electron chi connectivity index (χ1n) is 5.53. The second kappa shape index (κ2) is 7.18. The number of hydrogen-bond acceptors (Lipinski definition) is 2. The first kappa shape index (κ1) is 14.7. The summed E-state index contributed by atoms with van der Waals surface area (Å²) in [6.07, 6.45) is -4.62. The van der Waals surface area contributed by atoms with Gasteiger partial charge in [-0.3, -0.25) is 0 Å². The molecule has 1 rings (SSSR count). The Labute approximate surface area is 104 Å². The van der Waals surface area contributed by atoms with Crippen LogP contribution in [-0.4, -0.2) is 24.0 Å². The zero-order valence-corrected chi connectivity index (χ0v) is 9.73. The summed E-state index contributed by atoms with van der Waals surface area (Å²) in [5.41, 5.74) is 0.984. The molecular formula is C13H15F3O2. The maximum atomic E-state index is 11.8. The summed E-state index contributed by atoms with van der Waals surface area (Å²) in [7, 11) is 0. The van der Waals surface area contributed by atoms with Crippen molar-refractivity contribution in [2.75, 3.05) is 6.61 Å². The number of allylic oxidation sites excluding steroid dienone is 1. The molecule has 0 aromatic heterocycles. The molecule has 0 aliphatic carbocycles. The summed E-state index contributed by atoms with van der Waals surface area (Å²) >= 11 is 0. The van der Waals surface area contributed by atoms with E-state index in [1.807, 2.05) is 30.3 Å². The van der Waals surface area contributed by atoms with Crippen LogP contribution in [0.15, 0.2) is 42.5 Å². The van der Waals surface area contributed by atoms with Crippen molar-refractivity contribution in [3.63, 3.8) is 0 Å². The standard InChI is InChI=1S/C13H15F3O2/c14-13(15,16)8-6-12(17)7-9-18-10-11-4-2-1-3-5-11/h1-6,8,12,17H,7,9-10H2/b8-6-/t12-/m1/s1. The number of aliphatic hydroxyl groups is 1. The minimum atomic E-state index is -4.38. The third kappa shape index (κ3) is 7.09. The van der Waals surface area contributed by atoms with Crippen molar-refractivity contribution in [1.29, 1.82) is 0 Å². The highest BCUT2D eigenvalue weighted by Gasteiger charge is 2.22. The molecule has 0 aliphatic heterocycles. The molecule has 0 heterocycles. The minimum absolute atomic E-state index is 0.0366. The van der Waals surface area contributed by atoms with E-state index >= 15 is 0 Å². The molecule has 0 amide bonds. The van der Waals surface area contributed by atoms with Gasteiger partial charge in [0.25, 0.3) is 0 Å². The molecule has 1 aromatic carbocycles. The van der Waals surface area contributed by atoms with Gasteiger partial charge in [-0.05, 0) is 5.56 Å². The lowest BCUT2D eigenvalue weighted by atomic mass is 10.2. The number of ether oxygens (including phenoxy) is 1. The number of aliphatic hydroxyl groups excluding tert-OH is 1. The van der Waals surface area contributed by atoms with Gasteiger partial charge in [-0.25, -0.2) is 0 Å². The molecule has 1 atom stereocenters. The molecule has 0 fully saturated rings. The third-order valence-corrected chi connectivity index (χ3v) is 2.18. The number of rotatable bonds is 6. The van der Waals surface area contributed by atoms with Gasteiger partial charge in [0.05, 0.1) is 12.7 Å². The molecule has 1 aromatic rings. The van der Waals surface area contributed by atoms with Crippen molar-refractivity contribution in [2.45, 2.75) is 25.3 Å². The normalized spacial score (nSPS) is 14.0. The van der Waals surface area contributed by atoms with Crippen molar-refractivity contribution in [3.8, 4) is 0 Å². The highest BCUT2D eigenvalue weighted by molar-refractivity contribution is 5.13. The molecule has 0 spiro atoms. The van der Waals surface area contributed by atoms with Crippen LogP contribution in [0.5, 0.6) is 0 Å². The van der Waals surface area contributed by atoms with Gasteiger partial charge in [0.1, 0.15) is 0 Å². The maximum Gasteiger partial charge on any atom is 0.409 e. The van der Waals surface area contributed by atoms with Crippen molar-refractivity contribution in [2.24, 2.45) is 0 Å². The molecule has 5 heteroatoms. The molecule has 100 valence electrons. The van der Waals surface area contributed by atoms with E-state index in [1.54, 1.807) is 0 Å². The molecule has 0 unspecified atom stereocenters. The van der Waals surface area contributed by atoms with Crippen LogP contribution in [0.3, 0.4) is 0 Å². The van der Waals surface area contributed by atoms with E-state index in [0.29, 0.717) is 6.61 Å². The molecule has 0 bridgehead atoms. The Morgan fingerprint density at radius 1 is 1.22 bits per heavy atom. The van der Waals surface area contributed by atoms with Crippen LogP contribution in [0.1, 0.15) is 12.0 Å². The van der Waals surface area contributed by atoms with E-state index in [-0.39, 0.29) is 19.1 Å². The van der Waals surface area contributed by atoms with Crippen molar-refractivity contribution in [3.05, 3.63) is 48.0 Å². The monoisotopic (exact) mass is 260 g/mol. The lowest BCUT2D eigenvalue weighted by molar-refractivity contribution is -0.0806. The predicted molar refractivity (Wildman–Crippen MR) is 61.9 cm³/mol. The number of benzene rings is 1. The largest absolute Gasteiger partial charge is 0.409 e. The average Bonchev–Trinajstić information content (AvgIpc) is 2.33. The first-order chi connectivity index (χ1) is 8.47. The molecule has 0 saturated carbocycles. The van der Waals surface area contributed by atoms with E-state index in [1.165, 1.54) is 0 Å². The third-order valence-electron chi connectivity index (χ3n) is 2.18. The van der Waals surface area contributed by atoms with Crippen LogP contribution >= 0.6 is 0 Å². The minimum Gasteiger partial charge on any atom is -0.389 e. The Morgan fingerprint density at radius 2 is 1.89 bits per heavy atom. The van der Waals surface area contributed by atoms with Gasteiger partial charge < -0.3 is 9.84 Å². The molecule has 0 saturated heterocycles. The highest BCUT2D eigenvalue weighted by atomic mass is 19.4. The molecule has 1 N–H and O–H groups in total. The van der Waals surface area contributed by atoms with Crippen LogP contribution in [0.4, 0.5) is 13.2 Å².